The molecular weight excluding hydrogens is 220 g/mol. The highest BCUT2D eigenvalue weighted by Crippen LogP contribution is 2.50. The molecule has 0 radical (unpaired) electrons. The van der Waals surface area contributed by atoms with Crippen molar-refractivity contribution in [2.24, 2.45) is 23.0 Å². The lowest BCUT2D eigenvalue weighted by Crippen LogP contribution is -2.58. The summed E-state index contributed by atoms with van der Waals surface area (Å²) in [5.41, 5.74) is 7.02. The van der Waals surface area contributed by atoms with Gasteiger partial charge in [-0.1, -0.05) is 34.1 Å². The number of piperidine rings is 1. The van der Waals surface area contributed by atoms with Crippen molar-refractivity contribution in [3.8, 4) is 0 Å². The van der Waals surface area contributed by atoms with Crippen LogP contribution in [0.2, 0.25) is 0 Å². The number of nitrogens with two attached hydrogens (primary N) is 1. The number of hydrogen-bond donors (Lipinski definition) is 1. The Morgan fingerprint density at radius 1 is 1.33 bits per heavy atom. The summed E-state index contributed by atoms with van der Waals surface area (Å²) in [5, 5.41) is 0. The Morgan fingerprint density at radius 3 is 2.56 bits per heavy atom. The molecule has 2 heteroatoms. The van der Waals surface area contributed by atoms with E-state index in [1.165, 1.54) is 45.2 Å². The van der Waals surface area contributed by atoms with Crippen LogP contribution in [0.5, 0.6) is 0 Å². The third-order valence-corrected chi connectivity index (χ3v) is 5.64. The van der Waals surface area contributed by atoms with Gasteiger partial charge in [0.25, 0.3) is 0 Å². The fourth-order valence-electron chi connectivity index (χ4n) is 4.72. The number of nitrogens with zero attached hydrogens (tertiary/aromatic N) is 1. The van der Waals surface area contributed by atoms with Crippen LogP contribution >= 0.6 is 0 Å². The first-order valence-electron chi connectivity index (χ1n) is 7.88. The summed E-state index contributed by atoms with van der Waals surface area (Å²) in [6.45, 7) is 13.0. The fraction of sp³-hybridized carbons (Fsp3) is 1.00. The van der Waals surface area contributed by atoms with Gasteiger partial charge in [0.1, 0.15) is 0 Å². The van der Waals surface area contributed by atoms with Gasteiger partial charge in [0.2, 0.25) is 0 Å². The van der Waals surface area contributed by atoms with E-state index in [1.807, 2.05) is 0 Å². The first kappa shape index (κ1) is 14.3. The monoisotopic (exact) mass is 252 g/mol. The van der Waals surface area contributed by atoms with Gasteiger partial charge in [0.05, 0.1) is 0 Å². The van der Waals surface area contributed by atoms with E-state index in [-0.39, 0.29) is 5.54 Å². The Labute approximate surface area is 113 Å². The zero-order valence-corrected chi connectivity index (χ0v) is 12.8. The van der Waals surface area contributed by atoms with E-state index < -0.39 is 0 Å². The molecule has 0 amide bonds. The lowest BCUT2D eigenvalue weighted by atomic mass is 9.81. The molecule has 3 unspecified atom stereocenters. The van der Waals surface area contributed by atoms with Crippen LogP contribution in [-0.2, 0) is 0 Å². The summed E-state index contributed by atoms with van der Waals surface area (Å²) in [6, 6.07) is 0. The summed E-state index contributed by atoms with van der Waals surface area (Å²) in [7, 11) is 0. The van der Waals surface area contributed by atoms with E-state index in [9.17, 15) is 0 Å². The number of rotatable bonds is 3. The quantitative estimate of drug-likeness (QED) is 0.835. The summed E-state index contributed by atoms with van der Waals surface area (Å²) >= 11 is 0. The van der Waals surface area contributed by atoms with E-state index >= 15 is 0 Å². The summed E-state index contributed by atoms with van der Waals surface area (Å²) < 4.78 is 0. The maximum absolute atomic E-state index is 6.26. The van der Waals surface area contributed by atoms with Crippen molar-refractivity contribution in [3.63, 3.8) is 0 Å². The molecule has 0 spiro atoms. The van der Waals surface area contributed by atoms with Gasteiger partial charge in [-0.15, -0.1) is 0 Å². The van der Waals surface area contributed by atoms with Crippen LogP contribution in [0.15, 0.2) is 0 Å². The molecule has 0 aromatic rings. The minimum atomic E-state index is 0.289. The van der Waals surface area contributed by atoms with Gasteiger partial charge in [-0.05, 0) is 49.5 Å². The summed E-state index contributed by atoms with van der Waals surface area (Å²) in [6.07, 6.45) is 6.74. The Hall–Kier alpha value is -0.0800. The standard InChI is InChI=1S/C16H32N2/c1-5-14-7-6-8-18(10-14)16(12-17)11-15(3,4)9-13(16)2/h13-14H,5-12,17H2,1-4H3. The molecule has 3 atom stereocenters. The molecule has 0 aromatic carbocycles. The molecule has 1 aliphatic heterocycles. The lowest BCUT2D eigenvalue weighted by molar-refractivity contribution is 0.0200. The Bertz CT molecular complexity index is 287. The second kappa shape index (κ2) is 5.13. The maximum atomic E-state index is 6.26. The second-order valence-corrected chi connectivity index (χ2v) is 7.62. The van der Waals surface area contributed by atoms with Crippen LogP contribution in [0, 0.1) is 17.3 Å². The first-order valence-corrected chi connectivity index (χ1v) is 7.88. The van der Waals surface area contributed by atoms with Crippen LogP contribution in [0.3, 0.4) is 0 Å². The van der Waals surface area contributed by atoms with E-state index in [1.54, 1.807) is 0 Å². The molecule has 2 N–H and O–H groups in total. The second-order valence-electron chi connectivity index (χ2n) is 7.62. The van der Waals surface area contributed by atoms with Crippen LogP contribution in [0.4, 0.5) is 0 Å². The molecule has 2 aliphatic rings. The van der Waals surface area contributed by atoms with Crippen molar-refractivity contribution >= 4 is 0 Å². The van der Waals surface area contributed by atoms with Gasteiger partial charge in [-0.25, -0.2) is 0 Å². The highest BCUT2D eigenvalue weighted by atomic mass is 15.2. The van der Waals surface area contributed by atoms with Crippen molar-refractivity contribution < 1.29 is 0 Å². The van der Waals surface area contributed by atoms with Gasteiger partial charge in [0.15, 0.2) is 0 Å². The number of likely N-dealkylation sites (tertiary alicyclic amines) is 1. The average molecular weight is 252 g/mol. The zero-order valence-electron chi connectivity index (χ0n) is 12.8. The zero-order chi connectivity index (χ0) is 13.4. The lowest BCUT2D eigenvalue weighted by Gasteiger charge is -2.48. The Balaban J connectivity index is 2.17. The third kappa shape index (κ3) is 2.46. The van der Waals surface area contributed by atoms with Crippen LogP contribution in [0.25, 0.3) is 0 Å². The largest absolute Gasteiger partial charge is 0.329 e. The maximum Gasteiger partial charge on any atom is 0.0362 e. The molecule has 2 nitrogen and oxygen atoms in total. The molecule has 106 valence electrons. The van der Waals surface area contributed by atoms with Gasteiger partial charge in [-0.3, -0.25) is 4.90 Å². The van der Waals surface area contributed by atoms with E-state index in [0.717, 1.165) is 18.4 Å². The highest BCUT2D eigenvalue weighted by Gasteiger charge is 2.51. The molecule has 0 aromatic heterocycles. The smallest absolute Gasteiger partial charge is 0.0362 e. The fourth-order valence-corrected chi connectivity index (χ4v) is 4.72. The molecule has 0 bridgehead atoms. The minimum Gasteiger partial charge on any atom is -0.329 e. The first-order chi connectivity index (χ1) is 8.43. The SMILES string of the molecule is CCC1CCCN(C2(CN)CC(C)(C)CC2C)C1. The van der Waals surface area contributed by atoms with E-state index in [0.29, 0.717) is 5.41 Å². The van der Waals surface area contributed by atoms with E-state index in [4.69, 9.17) is 5.73 Å². The van der Waals surface area contributed by atoms with Crippen molar-refractivity contribution in [2.75, 3.05) is 19.6 Å². The van der Waals surface area contributed by atoms with Crippen LogP contribution in [-0.4, -0.2) is 30.1 Å². The molecule has 2 rings (SSSR count). The minimum absolute atomic E-state index is 0.289. The van der Waals surface area contributed by atoms with Gasteiger partial charge in [-0.2, -0.15) is 0 Å². The molecule has 1 heterocycles. The molecule has 2 fully saturated rings. The molecule has 1 aliphatic carbocycles. The van der Waals surface area contributed by atoms with Crippen LogP contribution in [0.1, 0.15) is 59.8 Å². The predicted octanol–water partition coefficient (Wildman–Crippen LogP) is 3.26. The summed E-state index contributed by atoms with van der Waals surface area (Å²) in [4.78, 5) is 2.77. The van der Waals surface area contributed by atoms with Crippen molar-refractivity contribution in [2.45, 2.75) is 65.3 Å². The molecule has 1 saturated carbocycles. The van der Waals surface area contributed by atoms with Crippen molar-refractivity contribution in [1.29, 1.82) is 0 Å². The average Bonchev–Trinajstić information content (AvgIpc) is 2.59. The molecule has 18 heavy (non-hydrogen) atoms. The van der Waals surface area contributed by atoms with Crippen molar-refractivity contribution in [3.05, 3.63) is 0 Å². The van der Waals surface area contributed by atoms with Gasteiger partial charge < -0.3 is 5.73 Å². The predicted molar refractivity (Wildman–Crippen MR) is 78.6 cm³/mol. The third-order valence-electron chi connectivity index (χ3n) is 5.64. The van der Waals surface area contributed by atoms with Gasteiger partial charge in [0, 0.05) is 18.6 Å². The summed E-state index contributed by atoms with van der Waals surface area (Å²) in [5.74, 6) is 1.64. The molecule has 1 saturated heterocycles. The number of hydrogen-bond acceptors (Lipinski definition) is 2. The van der Waals surface area contributed by atoms with Crippen LogP contribution < -0.4 is 5.73 Å². The van der Waals surface area contributed by atoms with Gasteiger partial charge >= 0.3 is 0 Å². The van der Waals surface area contributed by atoms with E-state index in [2.05, 4.69) is 32.6 Å². The topological polar surface area (TPSA) is 29.3 Å². The highest BCUT2D eigenvalue weighted by molar-refractivity contribution is 5.06. The Kier molecular flexibility index (Phi) is 4.08. The molecular formula is C16H32N2. The van der Waals surface area contributed by atoms with Crippen molar-refractivity contribution in [1.82, 2.24) is 4.90 Å². The Morgan fingerprint density at radius 2 is 2.06 bits per heavy atom. The normalized spacial score (nSPS) is 41.2.